The van der Waals surface area contributed by atoms with Gasteiger partial charge in [-0.3, -0.25) is 19.3 Å². The molecule has 2 fully saturated rings. The van der Waals surface area contributed by atoms with Crippen LogP contribution in [-0.4, -0.2) is 17.7 Å². The van der Waals surface area contributed by atoms with E-state index in [1.54, 1.807) is 24.3 Å². The number of allylic oxidation sites excluding steroid dienone is 2. The minimum atomic E-state index is -0.227. The maximum absolute atomic E-state index is 12.9. The van der Waals surface area contributed by atoms with E-state index in [9.17, 15) is 14.4 Å². The Labute approximate surface area is 163 Å². The van der Waals surface area contributed by atoms with Gasteiger partial charge in [-0.1, -0.05) is 24.3 Å². The minimum Gasteiger partial charge on any atom is -0.322 e. The maximum Gasteiger partial charge on any atom is 0.255 e. The first-order valence-corrected chi connectivity index (χ1v) is 9.57. The first-order chi connectivity index (χ1) is 13.5. The first kappa shape index (κ1) is 16.9. The van der Waals surface area contributed by atoms with Gasteiger partial charge in [0.1, 0.15) is 0 Å². The molecule has 4 atom stereocenters. The molecule has 2 aromatic rings. The summed E-state index contributed by atoms with van der Waals surface area (Å²) >= 11 is 0. The third-order valence-corrected chi connectivity index (χ3v) is 6.13. The first-order valence-electron chi connectivity index (χ1n) is 9.57. The molecule has 5 nitrogen and oxygen atoms in total. The molecule has 5 rings (SSSR count). The molecule has 140 valence electrons. The van der Waals surface area contributed by atoms with Gasteiger partial charge >= 0.3 is 0 Å². The van der Waals surface area contributed by atoms with Crippen LogP contribution in [0.4, 0.5) is 11.4 Å². The van der Waals surface area contributed by atoms with Crippen LogP contribution >= 0.6 is 0 Å². The lowest BCUT2D eigenvalue weighted by Gasteiger charge is -2.17. The second-order valence-electron chi connectivity index (χ2n) is 7.88. The molecular formula is C23H20N2O3. The standard InChI is InChI=1S/C23H20N2O3/c1-13-3-2-4-17(11-13)24-21(26)14-7-9-18(10-8-14)25-22(27)19-15-5-6-16(12-15)20(19)23(25)28/h2-11,15-16,19-20H,12H2,1H3,(H,24,26)/t15-,16-,19+,20+/m0/s1. The molecule has 28 heavy (non-hydrogen) atoms. The molecule has 0 unspecified atom stereocenters. The Morgan fingerprint density at radius 3 is 2.21 bits per heavy atom. The van der Waals surface area contributed by atoms with E-state index in [0.29, 0.717) is 11.3 Å². The van der Waals surface area contributed by atoms with Gasteiger partial charge in [-0.05, 0) is 67.1 Å². The highest BCUT2D eigenvalue weighted by atomic mass is 16.2. The van der Waals surface area contributed by atoms with Crippen LogP contribution in [0.25, 0.3) is 0 Å². The number of amides is 3. The zero-order chi connectivity index (χ0) is 19.4. The van der Waals surface area contributed by atoms with Gasteiger partial charge in [0.2, 0.25) is 11.8 Å². The molecule has 1 saturated carbocycles. The highest BCUT2D eigenvalue weighted by Crippen LogP contribution is 2.53. The van der Waals surface area contributed by atoms with Crippen molar-refractivity contribution in [3.63, 3.8) is 0 Å². The summed E-state index contributed by atoms with van der Waals surface area (Å²) in [6.45, 7) is 1.96. The van der Waals surface area contributed by atoms with Crippen LogP contribution in [0.1, 0.15) is 22.3 Å². The largest absolute Gasteiger partial charge is 0.322 e. The molecule has 1 aliphatic heterocycles. The SMILES string of the molecule is Cc1cccc(NC(=O)c2ccc(N3C(=O)[C@H]4[C@H](C3=O)[C@H]3C=C[C@H]4C3)cc2)c1. The number of benzene rings is 2. The number of nitrogens with one attached hydrogen (secondary N) is 1. The predicted octanol–water partition coefficient (Wildman–Crippen LogP) is 3.56. The van der Waals surface area contributed by atoms with Crippen LogP contribution in [0.5, 0.6) is 0 Å². The van der Waals surface area contributed by atoms with Crippen molar-refractivity contribution in [3.05, 3.63) is 71.8 Å². The van der Waals surface area contributed by atoms with E-state index in [1.165, 1.54) is 4.90 Å². The lowest BCUT2D eigenvalue weighted by atomic mass is 9.85. The Morgan fingerprint density at radius 2 is 1.61 bits per heavy atom. The zero-order valence-electron chi connectivity index (χ0n) is 15.5. The minimum absolute atomic E-state index is 0.108. The van der Waals surface area contributed by atoms with Crippen molar-refractivity contribution in [2.24, 2.45) is 23.7 Å². The summed E-state index contributed by atoms with van der Waals surface area (Å²) in [7, 11) is 0. The molecule has 1 N–H and O–H groups in total. The van der Waals surface area contributed by atoms with E-state index in [4.69, 9.17) is 0 Å². The highest BCUT2D eigenvalue weighted by molar-refractivity contribution is 6.23. The van der Waals surface area contributed by atoms with E-state index in [0.717, 1.165) is 17.7 Å². The van der Waals surface area contributed by atoms with Crippen molar-refractivity contribution >= 4 is 29.1 Å². The summed E-state index contributed by atoms with van der Waals surface area (Å²) in [6, 6.07) is 14.2. The number of anilines is 2. The van der Waals surface area contributed by atoms with Crippen LogP contribution in [0.15, 0.2) is 60.7 Å². The maximum atomic E-state index is 12.9. The Morgan fingerprint density at radius 1 is 0.964 bits per heavy atom. The molecule has 0 radical (unpaired) electrons. The lowest BCUT2D eigenvalue weighted by molar-refractivity contribution is -0.123. The summed E-state index contributed by atoms with van der Waals surface area (Å²) in [4.78, 5) is 39.5. The van der Waals surface area contributed by atoms with Crippen molar-refractivity contribution in [2.75, 3.05) is 10.2 Å². The van der Waals surface area contributed by atoms with E-state index in [-0.39, 0.29) is 41.4 Å². The molecule has 2 aliphatic carbocycles. The second-order valence-corrected chi connectivity index (χ2v) is 7.88. The van der Waals surface area contributed by atoms with Crippen LogP contribution in [0.3, 0.4) is 0 Å². The van der Waals surface area contributed by atoms with E-state index in [2.05, 4.69) is 17.5 Å². The number of carbonyl (C=O) groups is 3. The van der Waals surface area contributed by atoms with Crippen molar-refractivity contribution < 1.29 is 14.4 Å². The smallest absolute Gasteiger partial charge is 0.255 e. The topological polar surface area (TPSA) is 66.5 Å². The third kappa shape index (κ3) is 2.50. The van der Waals surface area contributed by atoms with Gasteiger partial charge < -0.3 is 5.32 Å². The molecule has 3 aliphatic rings. The summed E-state index contributed by atoms with van der Waals surface area (Å²) in [5.74, 6) is -0.492. The van der Waals surface area contributed by atoms with Crippen LogP contribution in [0, 0.1) is 30.6 Å². The lowest BCUT2D eigenvalue weighted by Crippen LogP contribution is -2.32. The average molecular weight is 372 g/mol. The van der Waals surface area contributed by atoms with Gasteiger partial charge in [0.05, 0.1) is 17.5 Å². The number of hydrogen-bond donors (Lipinski definition) is 1. The average Bonchev–Trinajstić information content (AvgIpc) is 3.36. The summed E-state index contributed by atoms with van der Waals surface area (Å²) in [6.07, 6.45) is 5.08. The molecule has 5 heteroatoms. The van der Waals surface area contributed by atoms with E-state index >= 15 is 0 Å². The molecule has 3 amide bonds. The molecule has 1 heterocycles. The number of fused-ring (bicyclic) bond motifs is 5. The number of carbonyl (C=O) groups excluding carboxylic acids is 3. The molecule has 1 saturated heterocycles. The summed E-state index contributed by atoms with van der Waals surface area (Å²) < 4.78 is 0. The van der Waals surface area contributed by atoms with Gasteiger partial charge in [0.15, 0.2) is 0 Å². The molecule has 0 aromatic heterocycles. The summed E-state index contributed by atoms with van der Waals surface area (Å²) in [5, 5.41) is 2.86. The van der Waals surface area contributed by atoms with Crippen molar-refractivity contribution in [1.29, 1.82) is 0 Å². The Bertz CT molecular complexity index is 994. The molecule has 2 aromatic carbocycles. The fraction of sp³-hybridized carbons (Fsp3) is 0.261. The van der Waals surface area contributed by atoms with Crippen molar-refractivity contribution in [3.8, 4) is 0 Å². The summed E-state index contributed by atoms with van der Waals surface area (Å²) in [5.41, 5.74) is 2.81. The van der Waals surface area contributed by atoms with Crippen molar-refractivity contribution in [1.82, 2.24) is 0 Å². The Kier molecular flexibility index (Phi) is 3.72. The van der Waals surface area contributed by atoms with Gasteiger partial charge in [-0.2, -0.15) is 0 Å². The Balaban J connectivity index is 1.35. The molecule has 0 spiro atoms. The van der Waals surface area contributed by atoms with Crippen molar-refractivity contribution in [2.45, 2.75) is 13.3 Å². The van der Waals surface area contributed by atoms with Gasteiger partial charge in [-0.15, -0.1) is 0 Å². The number of imide groups is 1. The highest BCUT2D eigenvalue weighted by Gasteiger charge is 2.59. The van der Waals surface area contributed by atoms with Gasteiger partial charge in [-0.25, -0.2) is 0 Å². The third-order valence-electron chi connectivity index (χ3n) is 6.13. The van der Waals surface area contributed by atoms with E-state index < -0.39 is 0 Å². The quantitative estimate of drug-likeness (QED) is 0.662. The number of rotatable bonds is 3. The fourth-order valence-corrected chi connectivity index (χ4v) is 4.84. The van der Waals surface area contributed by atoms with Crippen LogP contribution in [-0.2, 0) is 9.59 Å². The van der Waals surface area contributed by atoms with Gasteiger partial charge in [0, 0.05) is 11.3 Å². The number of nitrogens with zero attached hydrogens (tertiary/aromatic N) is 1. The molecular weight excluding hydrogens is 352 g/mol. The number of hydrogen-bond acceptors (Lipinski definition) is 3. The normalized spacial score (nSPS) is 27.4. The number of aryl methyl sites for hydroxylation is 1. The predicted molar refractivity (Wildman–Crippen MR) is 106 cm³/mol. The van der Waals surface area contributed by atoms with E-state index in [1.807, 2.05) is 31.2 Å². The monoisotopic (exact) mass is 372 g/mol. The zero-order valence-corrected chi connectivity index (χ0v) is 15.5. The van der Waals surface area contributed by atoms with Gasteiger partial charge in [0.25, 0.3) is 5.91 Å². The second kappa shape index (κ2) is 6.16. The molecule has 2 bridgehead atoms. The fourth-order valence-electron chi connectivity index (χ4n) is 4.84. The van der Waals surface area contributed by atoms with Crippen LogP contribution in [0.2, 0.25) is 0 Å². The Hall–Kier alpha value is -3.21. The van der Waals surface area contributed by atoms with Crippen LogP contribution < -0.4 is 10.2 Å².